The Bertz CT molecular complexity index is 647. The summed E-state index contributed by atoms with van der Waals surface area (Å²) in [6, 6.07) is 3.76. The first kappa shape index (κ1) is 12.8. The van der Waals surface area contributed by atoms with Gasteiger partial charge in [-0.05, 0) is 25.8 Å². The molecule has 1 aliphatic carbocycles. The lowest BCUT2D eigenvalue weighted by molar-refractivity contribution is 0.0696. The number of nitrogens with zero attached hydrogens (tertiary/aromatic N) is 3. The van der Waals surface area contributed by atoms with Gasteiger partial charge in [0.15, 0.2) is 5.82 Å². The maximum Gasteiger partial charge on any atom is 0.339 e. The third kappa shape index (κ3) is 2.55. The Balaban J connectivity index is 1.92. The van der Waals surface area contributed by atoms with Crippen molar-refractivity contribution in [2.24, 2.45) is 0 Å². The highest BCUT2D eigenvalue weighted by Crippen LogP contribution is 2.25. The smallest absolute Gasteiger partial charge is 0.339 e. The molecular formula is C14H15N3O3. The van der Waals surface area contributed by atoms with Crippen LogP contribution in [-0.4, -0.2) is 31.9 Å². The Labute approximate surface area is 116 Å². The van der Waals surface area contributed by atoms with Gasteiger partial charge in [0.1, 0.15) is 5.56 Å². The molecule has 6 nitrogen and oxygen atoms in total. The lowest BCUT2D eigenvalue weighted by Gasteiger charge is -2.08. The highest BCUT2D eigenvalue weighted by molar-refractivity contribution is 5.88. The van der Waals surface area contributed by atoms with E-state index in [2.05, 4.69) is 10.1 Å². The predicted octanol–water partition coefficient (Wildman–Crippen LogP) is 1.95. The number of aryl methyl sites for hydroxylation is 1. The quantitative estimate of drug-likeness (QED) is 0.901. The van der Waals surface area contributed by atoms with Crippen molar-refractivity contribution in [1.29, 1.82) is 0 Å². The zero-order valence-corrected chi connectivity index (χ0v) is 11.1. The number of pyridine rings is 1. The van der Waals surface area contributed by atoms with Gasteiger partial charge in [0.2, 0.25) is 0 Å². The summed E-state index contributed by atoms with van der Waals surface area (Å²) in [7, 11) is 0. The van der Waals surface area contributed by atoms with Gasteiger partial charge in [-0.2, -0.15) is 5.10 Å². The van der Waals surface area contributed by atoms with E-state index in [0.717, 1.165) is 18.4 Å². The van der Waals surface area contributed by atoms with Crippen LogP contribution in [0.2, 0.25) is 0 Å². The summed E-state index contributed by atoms with van der Waals surface area (Å²) in [6.45, 7) is 2.14. The van der Waals surface area contributed by atoms with Crippen LogP contribution >= 0.6 is 0 Å². The molecule has 1 aliphatic rings. The van der Waals surface area contributed by atoms with E-state index in [0.29, 0.717) is 24.2 Å². The largest absolute Gasteiger partial charge is 0.478 e. The Hall–Kier alpha value is -2.21. The first-order valence-corrected chi connectivity index (χ1v) is 6.50. The number of hydrogen-bond acceptors (Lipinski definition) is 4. The second-order valence-corrected chi connectivity index (χ2v) is 4.87. The SMILES string of the molecule is Cc1nn(-c2ncccc2COC2CC2)cc1C(=O)O. The number of rotatable bonds is 5. The van der Waals surface area contributed by atoms with E-state index in [-0.39, 0.29) is 5.56 Å². The van der Waals surface area contributed by atoms with E-state index < -0.39 is 5.97 Å². The molecule has 3 rings (SSSR count). The van der Waals surface area contributed by atoms with Crippen LogP contribution < -0.4 is 0 Å². The van der Waals surface area contributed by atoms with Crippen LogP contribution in [0.1, 0.15) is 34.5 Å². The van der Waals surface area contributed by atoms with E-state index in [1.807, 2.05) is 12.1 Å². The third-order valence-electron chi connectivity index (χ3n) is 3.21. The van der Waals surface area contributed by atoms with Crippen molar-refractivity contribution in [2.45, 2.75) is 32.5 Å². The molecule has 1 N–H and O–H groups in total. The minimum absolute atomic E-state index is 0.185. The second kappa shape index (κ2) is 5.05. The minimum atomic E-state index is -0.986. The second-order valence-electron chi connectivity index (χ2n) is 4.87. The van der Waals surface area contributed by atoms with Crippen LogP contribution in [0.5, 0.6) is 0 Å². The summed E-state index contributed by atoms with van der Waals surface area (Å²) >= 11 is 0. The average molecular weight is 273 g/mol. The standard InChI is InChI=1S/C14H15N3O3/c1-9-12(14(18)19)7-17(16-9)13-10(3-2-6-15-13)8-20-11-4-5-11/h2-3,6-7,11H,4-5,8H2,1H3,(H,18,19). The summed E-state index contributed by atoms with van der Waals surface area (Å²) in [5.74, 6) is -0.371. The highest BCUT2D eigenvalue weighted by atomic mass is 16.5. The minimum Gasteiger partial charge on any atom is -0.478 e. The van der Waals surface area contributed by atoms with Gasteiger partial charge in [0.05, 0.1) is 18.4 Å². The van der Waals surface area contributed by atoms with Crippen LogP contribution in [0.25, 0.3) is 5.82 Å². The molecule has 0 saturated heterocycles. The molecule has 0 aromatic carbocycles. The zero-order chi connectivity index (χ0) is 14.1. The molecule has 0 radical (unpaired) electrons. The number of hydrogen-bond donors (Lipinski definition) is 1. The monoisotopic (exact) mass is 273 g/mol. The first-order valence-electron chi connectivity index (χ1n) is 6.50. The van der Waals surface area contributed by atoms with Crippen molar-refractivity contribution in [2.75, 3.05) is 0 Å². The molecule has 104 valence electrons. The fraction of sp³-hybridized carbons (Fsp3) is 0.357. The molecular weight excluding hydrogens is 258 g/mol. The average Bonchev–Trinajstić information content (AvgIpc) is 3.18. The van der Waals surface area contributed by atoms with Crippen molar-refractivity contribution in [3.8, 4) is 5.82 Å². The Kier molecular flexibility index (Phi) is 3.23. The Morgan fingerprint density at radius 2 is 2.35 bits per heavy atom. The molecule has 0 unspecified atom stereocenters. The molecule has 2 aromatic heterocycles. The van der Waals surface area contributed by atoms with Gasteiger partial charge in [-0.25, -0.2) is 14.5 Å². The molecule has 1 saturated carbocycles. The lowest BCUT2D eigenvalue weighted by atomic mass is 10.2. The predicted molar refractivity (Wildman–Crippen MR) is 70.9 cm³/mol. The van der Waals surface area contributed by atoms with Gasteiger partial charge in [-0.3, -0.25) is 0 Å². The number of carbonyl (C=O) groups is 1. The third-order valence-corrected chi connectivity index (χ3v) is 3.21. The van der Waals surface area contributed by atoms with Crippen LogP contribution in [0, 0.1) is 6.92 Å². The molecule has 2 aromatic rings. The fourth-order valence-corrected chi connectivity index (χ4v) is 1.97. The molecule has 0 bridgehead atoms. The van der Waals surface area contributed by atoms with E-state index in [1.54, 1.807) is 13.1 Å². The van der Waals surface area contributed by atoms with Gasteiger partial charge in [-0.1, -0.05) is 6.07 Å². The topological polar surface area (TPSA) is 77.2 Å². The van der Waals surface area contributed by atoms with Crippen molar-refractivity contribution >= 4 is 5.97 Å². The highest BCUT2D eigenvalue weighted by Gasteiger charge is 2.23. The normalized spacial score (nSPS) is 14.4. The van der Waals surface area contributed by atoms with Gasteiger partial charge in [-0.15, -0.1) is 0 Å². The van der Waals surface area contributed by atoms with Crippen molar-refractivity contribution in [3.63, 3.8) is 0 Å². The maximum atomic E-state index is 11.1. The van der Waals surface area contributed by atoms with E-state index in [1.165, 1.54) is 10.9 Å². The number of carboxylic acid groups (broad SMARTS) is 1. The van der Waals surface area contributed by atoms with E-state index in [9.17, 15) is 4.79 Å². The summed E-state index contributed by atoms with van der Waals surface area (Å²) in [6.07, 6.45) is 5.73. The van der Waals surface area contributed by atoms with Gasteiger partial charge < -0.3 is 9.84 Å². The molecule has 1 fully saturated rings. The van der Waals surface area contributed by atoms with Gasteiger partial charge >= 0.3 is 5.97 Å². The lowest BCUT2D eigenvalue weighted by Crippen LogP contribution is -2.05. The summed E-state index contributed by atoms with van der Waals surface area (Å²) < 4.78 is 7.19. The van der Waals surface area contributed by atoms with E-state index >= 15 is 0 Å². The number of ether oxygens (including phenoxy) is 1. The molecule has 0 atom stereocenters. The molecule has 0 aliphatic heterocycles. The Morgan fingerprint density at radius 1 is 1.55 bits per heavy atom. The van der Waals surface area contributed by atoms with Crippen LogP contribution in [-0.2, 0) is 11.3 Å². The number of aromatic carboxylic acids is 1. The van der Waals surface area contributed by atoms with Crippen molar-refractivity contribution in [3.05, 3.63) is 41.3 Å². The number of carboxylic acids is 1. The van der Waals surface area contributed by atoms with Crippen molar-refractivity contribution in [1.82, 2.24) is 14.8 Å². The van der Waals surface area contributed by atoms with Gasteiger partial charge in [0, 0.05) is 18.0 Å². The molecule has 6 heteroatoms. The van der Waals surface area contributed by atoms with Gasteiger partial charge in [0.25, 0.3) is 0 Å². The van der Waals surface area contributed by atoms with Crippen LogP contribution in [0.4, 0.5) is 0 Å². The summed E-state index contributed by atoms with van der Waals surface area (Å²) in [5, 5.41) is 13.3. The maximum absolute atomic E-state index is 11.1. The van der Waals surface area contributed by atoms with Crippen LogP contribution in [0.15, 0.2) is 24.5 Å². The fourth-order valence-electron chi connectivity index (χ4n) is 1.97. The molecule has 20 heavy (non-hydrogen) atoms. The summed E-state index contributed by atoms with van der Waals surface area (Å²) in [4.78, 5) is 15.4. The molecule has 0 amide bonds. The van der Waals surface area contributed by atoms with Crippen LogP contribution in [0.3, 0.4) is 0 Å². The molecule has 0 spiro atoms. The Morgan fingerprint density at radius 3 is 3.00 bits per heavy atom. The zero-order valence-electron chi connectivity index (χ0n) is 11.1. The first-order chi connectivity index (χ1) is 9.65. The van der Waals surface area contributed by atoms with Crippen molar-refractivity contribution < 1.29 is 14.6 Å². The number of aromatic nitrogens is 3. The van der Waals surface area contributed by atoms with E-state index in [4.69, 9.17) is 9.84 Å². The molecule has 2 heterocycles. The summed E-state index contributed by atoms with van der Waals surface area (Å²) in [5.41, 5.74) is 1.56.